The highest BCUT2D eigenvalue weighted by Crippen LogP contribution is 2.20. The lowest BCUT2D eigenvalue weighted by Crippen LogP contribution is -2.11. The van der Waals surface area contributed by atoms with Crippen LogP contribution < -0.4 is 5.32 Å². The summed E-state index contributed by atoms with van der Waals surface area (Å²) in [4.78, 5) is 0. The number of benzene rings is 1. The van der Waals surface area contributed by atoms with Gasteiger partial charge in [-0.1, -0.05) is 29.8 Å². The molecular weight excluding hydrogens is 282 g/mol. The van der Waals surface area contributed by atoms with Gasteiger partial charge in [0.1, 0.15) is 0 Å². The van der Waals surface area contributed by atoms with Gasteiger partial charge in [-0.05, 0) is 45.4 Å². The molecule has 84 valence electrons. The number of nitrogens with one attached hydrogen (secondary N) is 1. The van der Waals surface area contributed by atoms with Gasteiger partial charge in [-0.15, -0.1) is 11.3 Å². The largest absolute Gasteiger partial charge is 0.309 e. The second-order valence-electron chi connectivity index (χ2n) is 3.85. The zero-order chi connectivity index (χ0) is 11.4. The van der Waals surface area contributed by atoms with E-state index in [0.717, 1.165) is 13.1 Å². The predicted molar refractivity (Wildman–Crippen MR) is 73.7 cm³/mol. The third kappa shape index (κ3) is 3.44. The Labute approximate surface area is 109 Å². The first kappa shape index (κ1) is 11.8. The number of thiophene rings is 1. The summed E-state index contributed by atoms with van der Waals surface area (Å²) in [6.07, 6.45) is 0. The Balaban J connectivity index is 1.82. The quantitative estimate of drug-likeness (QED) is 0.895. The summed E-state index contributed by atoms with van der Waals surface area (Å²) in [6, 6.07) is 10.8. The lowest BCUT2D eigenvalue weighted by atomic mass is 10.1. The van der Waals surface area contributed by atoms with Gasteiger partial charge < -0.3 is 5.32 Å². The van der Waals surface area contributed by atoms with Crippen LogP contribution in [0.5, 0.6) is 0 Å². The molecule has 0 atom stereocenters. The fourth-order valence-corrected chi connectivity index (χ4v) is 2.70. The van der Waals surface area contributed by atoms with Crippen molar-refractivity contribution in [1.82, 2.24) is 5.32 Å². The van der Waals surface area contributed by atoms with Gasteiger partial charge in [0.05, 0.1) is 3.79 Å². The highest BCUT2D eigenvalue weighted by atomic mass is 79.9. The maximum Gasteiger partial charge on any atom is 0.0701 e. The number of hydrogen-bond donors (Lipinski definition) is 1. The van der Waals surface area contributed by atoms with Gasteiger partial charge in [-0.2, -0.15) is 0 Å². The Hall–Kier alpha value is -0.640. The van der Waals surface area contributed by atoms with Crippen LogP contribution in [0.2, 0.25) is 0 Å². The highest BCUT2D eigenvalue weighted by Gasteiger charge is 1.97. The molecule has 0 saturated heterocycles. The molecule has 1 aromatic heterocycles. The van der Waals surface area contributed by atoms with Gasteiger partial charge in [0.2, 0.25) is 0 Å². The SMILES string of the molecule is Cc1ccc(CNCc2csc(Br)c2)cc1. The van der Waals surface area contributed by atoms with Crippen LogP contribution in [-0.2, 0) is 13.1 Å². The molecule has 1 nitrogen and oxygen atoms in total. The molecule has 0 fully saturated rings. The van der Waals surface area contributed by atoms with E-state index >= 15 is 0 Å². The average molecular weight is 296 g/mol. The van der Waals surface area contributed by atoms with Crippen LogP contribution in [0.25, 0.3) is 0 Å². The number of hydrogen-bond acceptors (Lipinski definition) is 2. The molecule has 0 bridgehead atoms. The van der Waals surface area contributed by atoms with Crippen LogP contribution in [0.3, 0.4) is 0 Å². The first-order chi connectivity index (χ1) is 7.74. The summed E-state index contributed by atoms with van der Waals surface area (Å²) in [5.41, 5.74) is 3.98. The van der Waals surface area contributed by atoms with E-state index in [1.807, 2.05) is 0 Å². The van der Waals surface area contributed by atoms with E-state index in [4.69, 9.17) is 0 Å². The van der Waals surface area contributed by atoms with Gasteiger partial charge in [-0.3, -0.25) is 0 Å². The Kier molecular flexibility index (Phi) is 4.16. The van der Waals surface area contributed by atoms with Crippen LogP contribution in [-0.4, -0.2) is 0 Å². The molecule has 0 unspecified atom stereocenters. The zero-order valence-corrected chi connectivity index (χ0v) is 11.6. The molecule has 2 rings (SSSR count). The third-order valence-electron chi connectivity index (χ3n) is 2.40. The molecule has 0 radical (unpaired) electrons. The maximum atomic E-state index is 3.47. The molecule has 0 saturated carbocycles. The summed E-state index contributed by atoms with van der Waals surface area (Å²) in [7, 11) is 0. The van der Waals surface area contributed by atoms with Crippen molar-refractivity contribution in [2.75, 3.05) is 0 Å². The molecule has 0 aliphatic carbocycles. The van der Waals surface area contributed by atoms with Crippen LogP contribution in [0, 0.1) is 6.92 Å². The van der Waals surface area contributed by atoms with Gasteiger partial charge in [0.25, 0.3) is 0 Å². The maximum absolute atomic E-state index is 3.47. The molecule has 1 heterocycles. The molecule has 0 aliphatic rings. The Morgan fingerprint density at radius 1 is 1.12 bits per heavy atom. The molecule has 3 heteroatoms. The van der Waals surface area contributed by atoms with Gasteiger partial charge >= 0.3 is 0 Å². The number of rotatable bonds is 4. The predicted octanol–water partition coefficient (Wildman–Crippen LogP) is 4.11. The third-order valence-corrected chi connectivity index (χ3v) is 3.95. The molecule has 1 aromatic carbocycles. The minimum atomic E-state index is 0.924. The van der Waals surface area contributed by atoms with Crippen molar-refractivity contribution in [3.63, 3.8) is 0 Å². The lowest BCUT2D eigenvalue weighted by Gasteiger charge is -2.03. The van der Waals surface area contributed by atoms with Crippen molar-refractivity contribution in [2.24, 2.45) is 0 Å². The highest BCUT2D eigenvalue weighted by molar-refractivity contribution is 9.11. The summed E-state index contributed by atoms with van der Waals surface area (Å²) in [5.74, 6) is 0. The summed E-state index contributed by atoms with van der Waals surface area (Å²) >= 11 is 5.20. The van der Waals surface area contributed by atoms with Crippen molar-refractivity contribution in [2.45, 2.75) is 20.0 Å². The van der Waals surface area contributed by atoms with Gasteiger partial charge in [-0.25, -0.2) is 0 Å². The number of halogens is 1. The van der Waals surface area contributed by atoms with Crippen LogP contribution in [0.15, 0.2) is 39.5 Å². The van der Waals surface area contributed by atoms with E-state index in [0.29, 0.717) is 0 Å². The van der Waals surface area contributed by atoms with Crippen molar-refractivity contribution in [1.29, 1.82) is 0 Å². The Morgan fingerprint density at radius 2 is 1.81 bits per heavy atom. The van der Waals surface area contributed by atoms with Crippen molar-refractivity contribution >= 4 is 27.3 Å². The topological polar surface area (TPSA) is 12.0 Å². The monoisotopic (exact) mass is 295 g/mol. The lowest BCUT2D eigenvalue weighted by molar-refractivity contribution is 0.695. The second-order valence-corrected chi connectivity index (χ2v) is 6.14. The second kappa shape index (κ2) is 5.62. The molecule has 1 N–H and O–H groups in total. The van der Waals surface area contributed by atoms with E-state index in [9.17, 15) is 0 Å². The van der Waals surface area contributed by atoms with Crippen molar-refractivity contribution in [3.8, 4) is 0 Å². The first-order valence-electron chi connectivity index (χ1n) is 5.23. The minimum absolute atomic E-state index is 0.924. The summed E-state index contributed by atoms with van der Waals surface area (Å²) in [5, 5.41) is 5.61. The van der Waals surface area contributed by atoms with Crippen molar-refractivity contribution in [3.05, 3.63) is 56.2 Å². The molecule has 0 spiro atoms. The van der Waals surface area contributed by atoms with E-state index < -0.39 is 0 Å². The normalized spacial score (nSPS) is 10.6. The number of aryl methyl sites for hydroxylation is 1. The molecule has 0 aliphatic heterocycles. The smallest absolute Gasteiger partial charge is 0.0701 e. The van der Waals surface area contributed by atoms with E-state index in [2.05, 4.69) is 63.9 Å². The van der Waals surface area contributed by atoms with E-state index in [1.165, 1.54) is 20.5 Å². The van der Waals surface area contributed by atoms with Crippen LogP contribution in [0.1, 0.15) is 16.7 Å². The van der Waals surface area contributed by atoms with Crippen molar-refractivity contribution < 1.29 is 0 Å². The Bertz CT molecular complexity index is 447. The van der Waals surface area contributed by atoms with Crippen LogP contribution in [0.4, 0.5) is 0 Å². The summed E-state index contributed by atoms with van der Waals surface area (Å²) < 4.78 is 1.19. The minimum Gasteiger partial charge on any atom is -0.309 e. The molecule has 0 amide bonds. The standard InChI is InChI=1S/C13H14BrNS/c1-10-2-4-11(5-3-10)7-15-8-12-6-13(14)16-9-12/h2-6,9,15H,7-8H2,1H3. The Morgan fingerprint density at radius 3 is 2.44 bits per heavy atom. The molecular formula is C13H14BrNS. The first-order valence-corrected chi connectivity index (χ1v) is 6.90. The van der Waals surface area contributed by atoms with Gasteiger partial charge in [0.15, 0.2) is 0 Å². The van der Waals surface area contributed by atoms with E-state index in [-0.39, 0.29) is 0 Å². The zero-order valence-electron chi connectivity index (χ0n) is 9.16. The molecule has 16 heavy (non-hydrogen) atoms. The van der Waals surface area contributed by atoms with Gasteiger partial charge in [0, 0.05) is 13.1 Å². The fourth-order valence-electron chi connectivity index (χ4n) is 1.50. The fraction of sp³-hybridized carbons (Fsp3) is 0.231. The molecule has 2 aromatic rings. The average Bonchev–Trinajstić information content (AvgIpc) is 2.67. The summed E-state index contributed by atoms with van der Waals surface area (Å²) in [6.45, 7) is 3.96. The van der Waals surface area contributed by atoms with E-state index in [1.54, 1.807) is 11.3 Å². The van der Waals surface area contributed by atoms with Crippen LogP contribution >= 0.6 is 27.3 Å².